The number of nitrogens with zero attached hydrogens (tertiary/aromatic N) is 5. The van der Waals surface area contributed by atoms with E-state index in [4.69, 9.17) is 0 Å². The summed E-state index contributed by atoms with van der Waals surface area (Å²) in [5.74, 6) is 0.726. The predicted octanol–water partition coefficient (Wildman–Crippen LogP) is 0.314. The fourth-order valence-electron chi connectivity index (χ4n) is 1.13. The van der Waals surface area contributed by atoms with Crippen LogP contribution in [-0.4, -0.2) is 32.0 Å². The summed E-state index contributed by atoms with van der Waals surface area (Å²) in [6.45, 7) is 0. The molecule has 6 nitrogen and oxygen atoms in total. The highest BCUT2D eigenvalue weighted by Crippen LogP contribution is 2.14. The van der Waals surface area contributed by atoms with Crippen molar-refractivity contribution in [3.63, 3.8) is 0 Å². The lowest BCUT2D eigenvalue weighted by molar-refractivity contribution is 0.719. The summed E-state index contributed by atoms with van der Waals surface area (Å²) < 4.78 is 1.66. The van der Waals surface area contributed by atoms with Crippen LogP contribution in [0.1, 0.15) is 0 Å². The fourth-order valence-corrected chi connectivity index (χ4v) is 1.13. The van der Waals surface area contributed by atoms with Crippen molar-refractivity contribution < 1.29 is 0 Å². The summed E-state index contributed by atoms with van der Waals surface area (Å²) in [5, 5.41) is 10.5. The van der Waals surface area contributed by atoms with E-state index in [2.05, 4.69) is 25.6 Å². The second kappa shape index (κ2) is 3.41. The van der Waals surface area contributed by atoms with Crippen LogP contribution in [0.5, 0.6) is 0 Å². The zero-order valence-electron chi connectivity index (χ0n) is 7.97. The van der Waals surface area contributed by atoms with Crippen molar-refractivity contribution in [2.75, 3.05) is 12.4 Å². The molecule has 0 aliphatic carbocycles. The van der Waals surface area contributed by atoms with Gasteiger partial charge in [0.2, 0.25) is 0 Å². The normalized spacial score (nSPS) is 10.1. The van der Waals surface area contributed by atoms with Gasteiger partial charge < -0.3 is 5.32 Å². The fraction of sp³-hybridized carbons (Fsp3) is 0.250. The molecule has 0 aliphatic rings. The van der Waals surface area contributed by atoms with Crippen LogP contribution in [0.4, 0.5) is 5.82 Å². The number of aromatic nitrogens is 5. The molecule has 2 aromatic rings. The summed E-state index contributed by atoms with van der Waals surface area (Å²) in [4.78, 5) is 8.38. The van der Waals surface area contributed by atoms with Crippen molar-refractivity contribution in [2.45, 2.75) is 0 Å². The minimum atomic E-state index is 0.726. The molecule has 2 aromatic heterocycles. The lowest BCUT2D eigenvalue weighted by Crippen LogP contribution is -1.99. The van der Waals surface area contributed by atoms with E-state index in [1.165, 1.54) is 0 Å². The molecule has 0 fully saturated rings. The highest BCUT2D eigenvalue weighted by atomic mass is 15.4. The van der Waals surface area contributed by atoms with Gasteiger partial charge in [0, 0.05) is 14.1 Å². The summed E-state index contributed by atoms with van der Waals surface area (Å²) in [6, 6.07) is 0. The average molecular weight is 190 g/mol. The zero-order valence-corrected chi connectivity index (χ0v) is 7.97. The van der Waals surface area contributed by atoms with Crippen molar-refractivity contribution in [2.24, 2.45) is 7.05 Å². The summed E-state index contributed by atoms with van der Waals surface area (Å²) >= 11 is 0. The number of rotatable bonds is 2. The van der Waals surface area contributed by atoms with E-state index >= 15 is 0 Å². The molecular weight excluding hydrogens is 180 g/mol. The Hall–Kier alpha value is -1.98. The number of anilines is 1. The van der Waals surface area contributed by atoms with Gasteiger partial charge >= 0.3 is 0 Å². The molecule has 0 aliphatic heterocycles. The molecule has 0 amide bonds. The average Bonchev–Trinajstić information content (AvgIpc) is 2.65. The van der Waals surface area contributed by atoms with Crippen LogP contribution in [0.2, 0.25) is 0 Å². The van der Waals surface area contributed by atoms with Crippen molar-refractivity contribution in [3.8, 4) is 11.4 Å². The van der Waals surface area contributed by atoms with Crippen LogP contribution >= 0.6 is 0 Å². The van der Waals surface area contributed by atoms with E-state index in [0.29, 0.717) is 0 Å². The molecule has 14 heavy (non-hydrogen) atoms. The first-order valence-electron chi connectivity index (χ1n) is 4.16. The van der Waals surface area contributed by atoms with Gasteiger partial charge in [-0.3, -0.25) is 4.98 Å². The molecule has 0 unspecified atom stereocenters. The Bertz CT molecular complexity index is 435. The molecule has 6 heteroatoms. The third-order valence-corrected chi connectivity index (χ3v) is 1.87. The van der Waals surface area contributed by atoms with Crippen molar-refractivity contribution >= 4 is 5.82 Å². The minimum Gasteiger partial charge on any atom is -0.372 e. The van der Waals surface area contributed by atoms with Crippen LogP contribution in [0.15, 0.2) is 18.6 Å². The summed E-state index contributed by atoms with van der Waals surface area (Å²) in [7, 11) is 3.62. The third-order valence-electron chi connectivity index (χ3n) is 1.87. The highest BCUT2D eigenvalue weighted by Gasteiger charge is 2.05. The van der Waals surface area contributed by atoms with Gasteiger partial charge in [-0.05, 0) is 0 Å². The van der Waals surface area contributed by atoms with Crippen molar-refractivity contribution in [1.29, 1.82) is 0 Å². The molecule has 2 rings (SSSR count). The Balaban J connectivity index is 2.47. The molecule has 0 spiro atoms. The Kier molecular flexibility index (Phi) is 2.10. The molecule has 0 atom stereocenters. The third kappa shape index (κ3) is 1.41. The van der Waals surface area contributed by atoms with Crippen LogP contribution in [0.3, 0.4) is 0 Å². The SMILES string of the molecule is CNc1cncc(-c2cnnn2C)n1. The maximum Gasteiger partial charge on any atom is 0.145 e. The Morgan fingerprint density at radius 2 is 2.14 bits per heavy atom. The van der Waals surface area contributed by atoms with Crippen LogP contribution in [0, 0.1) is 0 Å². The standard InChI is InChI=1S/C8H10N6/c1-9-8-5-10-3-6(12-8)7-4-11-13-14(7)2/h3-5H,1-2H3,(H,9,12). The van der Waals surface area contributed by atoms with Crippen LogP contribution in [-0.2, 0) is 7.05 Å². The maximum atomic E-state index is 4.32. The van der Waals surface area contributed by atoms with Crippen molar-refractivity contribution in [1.82, 2.24) is 25.0 Å². The first-order valence-corrected chi connectivity index (χ1v) is 4.16. The Morgan fingerprint density at radius 3 is 2.79 bits per heavy atom. The van der Waals surface area contributed by atoms with Crippen molar-refractivity contribution in [3.05, 3.63) is 18.6 Å². The molecular formula is C8H10N6. The van der Waals surface area contributed by atoms with E-state index in [-0.39, 0.29) is 0 Å². The Morgan fingerprint density at radius 1 is 1.29 bits per heavy atom. The van der Waals surface area contributed by atoms with Gasteiger partial charge in [-0.2, -0.15) is 0 Å². The van der Waals surface area contributed by atoms with Crippen LogP contribution < -0.4 is 5.32 Å². The second-order valence-electron chi connectivity index (χ2n) is 2.78. The van der Waals surface area contributed by atoms with E-state index in [1.807, 2.05) is 7.05 Å². The molecule has 0 saturated heterocycles. The number of aryl methyl sites for hydroxylation is 1. The lowest BCUT2D eigenvalue weighted by Gasteiger charge is -2.01. The van der Waals surface area contributed by atoms with Gasteiger partial charge in [0.1, 0.15) is 17.2 Å². The van der Waals surface area contributed by atoms with Gasteiger partial charge in [0.15, 0.2) is 0 Å². The smallest absolute Gasteiger partial charge is 0.145 e. The number of nitrogens with one attached hydrogen (secondary N) is 1. The van der Waals surface area contributed by atoms with Gasteiger partial charge in [0.05, 0.1) is 18.6 Å². The zero-order chi connectivity index (χ0) is 9.97. The quantitative estimate of drug-likeness (QED) is 0.738. The molecule has 0 radical (unpaired) electrons. The molecule has 1 N–H and O–H groups in total. The van der Waals surface area contributed by atoms with E-state index in [9.17, 15) is 0 Å². The van der Waals surface area contributed by atoms with Gasteiger partial charge in [-0.1, -0.05) is 5.21 Å². The van der Waals surface area contributed by atoms with Gasteiger partial charge in [0.25, 0.3) is 0 Å². The van der Waals surface area contributed by atoms with E-state index in [1.54, 1.807) is 30.3 Å². The second-order valence-corrected chi connectivity index (χ2v) is 2.78. The highest BCUT2D eigenvalue weighted by molar-refractivity contribution is 5.54. The van der Waals surface area contributed by atoms with Gasteiger partial charge in [-0.15, -0.1) is 5.10 Å². The number of hydrogen-bond donors (Lipinski definition) is 1. The molecule has 0 bridgehead atoms. The lowest BCUT2D eigenvalue weighted by atomic mass is 10.3. The molecule has 0 aromatic carbocycles. The van der Waals surface area contributed by atoms with Gasteiger partial charge in [-0.25, -0.2) is 9.67 Å². The first kappa shape index (κ1) is 8.61. The van der Waals surface area contributed by atoms with E-state index < -0.39 is 0 Å². The topological polar surface area (TPSA) is 68.5 Å². The summed E-state index contributed by atoms with van der Waals surface area (Å²) in [6.07, 6.45) is 5.00. The maximum absolute atomic E-state index is 4.32. The Labute approximate surface area is 81.0 Å². The minimum absolute atomic E-state index is 0.726. The largest absolute Gasteiger partial charge is 0.372 e. The first-order chi connectivity index (χ1) is 6.81. The monoisotopic (exact) mass is 190 g/mol. The predicted molar refractivity (Wildman–Crippen MR) is 51.6 cm³/mol. The van der Waals surface area contributed by atoms with E-state index in [0.717, 1.165) is 17.2 Å². The summed E-state index contributed by atoms with van der Waals surface area (Å²) in [5.41, 5.74) is 1.60. The number of hydrogen-bond acceptors (Lipinski definition) is 5. The molecule has 0 saturated carbocycles. The molecule has 72 valence electrons. The van der Waals surface area contributed by atoms with Crippen LogP contribution in [0.25, 0.3) is 11.4 Å². The molecule has 2 heterocycles.